The summed E-state index contributed by atoms with van der Waals surface area (Å²) in [6, 6.07) is 9.64. The third-order valence-electron chi connectivity index (χ3n) is 6.06. The number of carbonyl (C=O) groups excluding carboxylic acids is 2. The summed E-state index contributed by atoms with van der Waals surface area (Å²) in [4.78, 5) is 34.4. The molecule has 8 heteroatoms. The molecular formula is C24H28N4O2S2. The third kappa shape index (κ3) is 4.61. The van der Waals surface area contributed by atoms with E-state index in [-0.39, 0.29) is 23.8 Å². The molecular weight excluding hydrogens is 440 g/mol. The Labute approximate surface area is 196 Å². The Morgan fingerprint density at radius 3 is 2.56 bits per heavy atom. The average Bonchev–Trinajstić information content (AvgIpc) is 3.53. The Balaban J connectivity index is 1.41. The fourth-order valence-electron chi connectivity index (χ4n) is 4.16. The number of hydrogen-bond acceptors (Lipinski definition) is 6. The molecule has 3 unspecified atom stereocenters. The summed E-state index contributed by atoms with van der Waals surface area (Å²) in [5.74, 6) is -0.364. The highest BCUT2D eigenvalue weighted by Crippen LogP contribution is 2.29. The molecule has 4 rings (SSSR count). The van der Waals surface area contributed by atoms with Gasteiger partial charge in [-0.2, -0.15) is 4.37 Å². The van der Waals surface area contributed by atoms with Gasteiger partial charge in [0.15, 0.2) is 0 Å². The number of nitrogens with zero attached hydrogens (tertiary/aromatic N) is 3. The Hall–Kier alpha value is -2.58. The van der Waals surface area contributed by atoms with Gasteiger partial charge in [0.2, 0.25) is 11.8 Å². The Bertz CT molecular complexity index is 1110. The standard InChI is InChI=1S/C24H28N4O2S2/c1-14-12-21(32-27-14)15(2)24(30)28-11-5-6-20(28)23(29)26-16(3)18-7-9-19(10-8-18)22-17(4)25-13-31-22/h7-10,12-13,15-16,20H,5-6,11H2,1-4H3,(H,26,29). The highest BCUT2D eigenvalue weighted by Gasteiger charge is 2.37. The molecule has 0 radical (unpaired) electrons. The van der Waals surface area contributed by atoms with Crippen molar-refractivity contribution in [1.29, 1.82) is 0 Å². The molecule has 0 spiro atoms. The number of aryl methyl sites for hydroxylation is 2. The van der Waals surface area contributed by atoms with E-state index in [1.807, 2.05) is 51.4 Å². The maximum atomic E-state index is 13.1. The summed E-state index contributed by atoms with van der Waals surface area (Å²) in [6.07, 6.45) is 1.54. The molecule has 0 aliphatic carbocycles. The Morgan fingerprint density at radius 1 is 1.19 bits per heavy atom. The van der Waals surface area contributed by atoms with Crippen molar-refractivity contribution in [3.8, 4) is 10.4 Å². The van der Waals surface area contributed by atoms with Crippen LogP contribution in [0.3, 0.4) is 0 Å². The zero-order valence-corrected chi connectivity index (χ0v) is 20.4. The minimum absolute atomic E-state index is 0.00299. The van der Waals surface area contributed by atoms with Crippen LogP contribution in [0.2, 0.25) is 0 Å². The number of nitrogens with one attached hydrogen (secondary N) is 1. The smallest absolute Gasteiger partial charge is 0.243 e. The van der Waals surface area contributed by atoms with Crippen LogP contribution in [0.5, 0.6) is 0 Å². The third-order valence-corrected chi connectivity index (χ3v) is 8.10. The van der Waals surface area contributed by atoms with Crippen LogP contribution in [0.1, 0.15) is 60.5 Å². The van der Waals surface area contributed by atoms with Crippen LogP contribution in [-0.2, 0) is 9.59 Å². The van der Waals surface area contributed by atoms with Crippen molar-refractivity contribution in [2.75, 3.05) is 6.54 Å². The van der Waals surface area contributed by atoms with E-state index in [0.29, 0.717) is 13.0 Å². The monoisotopic (exact) mass is 468 g/mol. The molecule has 1 aliphatic heterocycles. The van der Waals surface area contributed by atoms with Crippen LogP contribution in [0, 0.1) is 13.8 Å². The Morgan fingerprint density at radius 2 is 1.94 bits per heavy atom. The van der Waals surface area contributed by atoms with E-state index < -0.39 is 6.04 Å². The number of benzene rings is 1. The van der Waals surface area contributed by atoms with Crippen molar-refractivity contribution in [1.82, 2.24) is 19.6 Å². The molecule has 2 aromatic heterocycles. The Kier molecular flexibility index (Phi) is 6.71. The first-order valence-electron chi connectivity index (χ1n) is 10.9. The van der Waals surface area contributed by atoms with Gasteiger partial charge < -0.3 is 10.2 Å². The molecule has 1 saturated heterocycles. The summed E-state index contributed by atoms with van der Waals surface area (Å²) >= 11 is 2.99. The number of aromatic nitrogens is 2. The summed E-state index contributed by atoms with van der Waals surface area (Å²) < 4.78 is 4.29. The summed E-state index contributed by atoms with van der Waals surface area (Å²) in [6.45, 7) is 8.44. The van der Waals surface area contributed by atoms with Gasteiger partial charge in [0.25, 0.3) is 0 Å². The van der Waals surface area contributed by atoms with Crippen molar-refractivity contribution < 1.29 is 9.59 Å². The molecule has 2 amide bonds. The maximum absolute atomic E-state index is 13.1. The molecule has 0 bridgehead atoms. The second kappa shape index (κ2) is 9.50. The molecule has 32 heavy (non-hydrogen) atoms. The number of amides is 2. The largest absolute Gasteiger partial charge is 0.348 e. The van der Waals surface area contributed by atoms with Gasteiger partial charge in [-0.25, -0.2) is 4.98 Å². The second-order valence-corrected chi connectivity index (χ2v) is 10.1. The molecule has 168 valence electrons. The lowest BCUT2D eigenvalue weighted by Gasteiger charge is -2.27. The molecule has 1 aliphatic rings. The summed E-state index contributed by atoms with van der Waals surface area (Å²) in [7, 11) is 0. The SMILES string of the molecule is Cc1cc(C(C)C(=O)N2CCCC2C(=O)NC(C)c2ccc(-c3scnc3C)cc2)sn1. The van der Waals surface area contributed by atoms with E-state index in [1.165, 1.54) is 16.4 Å². The van der Waals surface area contributed by atoms with Crippen molar-refractivity contribution >= 4 is 34.7 Å². The van der Waals surface area contributed by atoms with E-state index in [9.17, 15) is 9.59 Å². The first-order valence-corrected chi connectivity index (χ1v) is 12.5. The highest BCUT2D eigenvalue weighted by molar-refractivity contribution is 7.13. The normalized spacial score (nSPS) is 17.9. The molecule has 3 atom stereocenters. The fourth-order valence-corrected chi connectivity index (χ4v) is 5.75. The van der Waals surface area contributed by atoms with Crippen molar-refractivity contribution in [3.63, 3.8) is 0 Å². The predicted molar refractivity (Wildman–Crippen MR) is 129 cm³/mol. The van der Waals surface area contributed by atoms with Crippen LogP contribution in [-0.4, -0.2) is 38.7 Å². The molecule has 3 aromatic rings. The van der Waals surface area contributed by atoms with Crippen molar-refractivity contribution in [2.24, 2.45) is 0 Å². The lowest BCUT2D eigenvalue weighted by atomic mass is 10.0. The van der Waals surface area contributed by atoms with Crippen molar-refractivity contribution in [3.05, 3.63) is 57.7 Å². The van der Waals surface area contributed by atoms with Gasteiger partial charge in [-0.3, -0.25) is 9.59 Å². The van der Waals surface area contributed by atoms with E-state index in [4.69, 9.17) is 0 Å². The van der Waals surface area contributed by atoms with Crippen LogP contribution < -0.4 is 5.32 Å². The predicted octanol–water partition coefficient (Wildman–Crippen LogP) is 4.86. The summed E-state index contributed by atoms with van der Waals surface area (Å²) in [5, 5.41) is 3.12. The van der Waals surface area contributed by atoms with Gasteiger partial charge in [-0.05, 0) is 69.3 Å². The van der Waals surface area contributed by atoms with E-state index in [0.717, 1.165) is 33.8 Å². The van der Waals surface area contributed by atoms with E-state index in [2.05, 4.69) is 26.8 Å². The van der Waals surface area contributed by atoms with E-state index in [1.54, 1.807) is 16.2 Å². The highest BCUT2D eigenvalue weighted by atomic mass is 32.1. The number of thiazole rings is 1. The molecule has 1 aromatic carbocycles. The molecule has 1 fully saturated rings. The minimum atomic E-state index is -0.416. The second-order valence-electron chi connectivity index (χ2n) is 8.40. The van der Waals surface area contributed by atoms with Crippen molar-refractivity contribution in [2.45, 2.75) is 58.5 Å². The van der Waals surface area contributed by atoms with Gasteiger partial charge >= 0.3 is 0 Å². The molecule has 6 nitrogen and oxygen atoms in total. The number of rotatable bonds is 6. The molecule has 3 heterocycles. The zero-order chi connectivity index (χ0) is 22.8. The van der Waals surface area contributed by atoms with Gasteiger partial charge in [-0.1, -0.05) is 24.3 Å². The average molecular weight is 469 g/mol. The summed E-state index contributed by atoms with van der Waals surface area (Å²) in [5.41, 5.74) is 5.97. The molecule has 0 saturated carbocycles. The van der Waals surface area contributed by atoms with Crippen LogP contribution >= 0.6 is 22.9 Å². The first kappa shape index (κ1) is 22.6. The van der Waals surface area contributed by atoms with Gasteiger partial charge in [0.1, 0.15) is 6.04 Å². The number of carbonyl (C=O) groups is 2. The molecule has 1 N–H and O–H groups in total. The van der Waals surface area contributed by atoms with Crippen LogP contribution in [0.25, 0.3) is 10.4 Å². The van der Waals surface area contributed by atoms with Gasteiger partial charge in [0.05, 0.1) is 33.7 Å². The van der Waals surface area contributed by atoms with Crippen LogP contribution in [0.4, 0.5) is 0 Å². The van der Waals surface area contributed by atoms with Gasteiger partial charge in [0, 0.05) is 11.4 Å². The lowest BCUT2D eigenvalue weighted by molar-refractivity contribution is -0.139. The zero-order valence-electron chi connectivity index (χ0n) is 18.8. The minimum Gasteiger partial charge on any atom is -0.348 e. The lowest BCUT2D eigenvalue weighted by Crippen LogP contribution is -2.47. The first-order chi connectivity index (χ1) is 15.3. The maximum Gasteiger partial charge on any atom is 0.243 e. The van der Waals surface area contributed by atoms with Gasteiger partial charge in [-0.15, -0.1) is 11.3 Å². The van der Waals surface area contributed by atoms with Crippen LogP contribution in [0.15, 0.2) is 35.8 Å². The topological polar surface area (TPSA) is 75.2 Å². The fraction of sp³-hybridized carbons (Fsp3) is 0.417. The van der Waals surface area contributed by atoms with E-state index >= 15 is 0 Å². The number of hydrogen-bond donors (Lipinski definition) is 1. The number of likely N-dealkylation sites (tertiary alicyclic amines) is 1. The quantitative estimate of drug-likeness (QED) is 0.561.